The summed E-state index contributed by atoms with van der Waals surface area (Å²) < 4.78 is 10.8. The zero-order valence-corrected chi connectivity index (χ0v) is 10.9. The van der Waals surface area contributed by atoms with Gasteiger partial charge in [0.1, 0.15) is 0 Å². The van der Waals surface area contributed by atoms with Gasteiger partial charge in [-0.25, -0.2) is 5.84 Å². The van der Waals surface area contributed by atoms with Crippen molar-refractivity contribution in [2.24, 2.45) is 5.84 Å². The van der Waals surface area contributed by atoms with Gasteiger partial charge in [0.15, 0.2) is 11.5 Å². The van der Waals surface area contributed by atoms with Gasteiger partial charge in [-0.1, -0.05) is 13.0 Å². The van der Waals surface area contributed by atoms with Crippen molar-refractivity contribution in [1.82, 2.24) is 5.43 Å². The molecule has 0 unspecified atom stereocenters. The number of nitrogens with two attached hydrogens (primary N) is 1. The maximum Gasteiger partial charge on any atom is 0.234 e. The summed E-state index contributed by atoms with van der Waals surface area (Å²) in [5, 5.41) is 0. The summed E-state index contributed by atoms with van der Waals surface area (Å²) in [6.07, 6.45) is 1.92. The molecule has 5 heteroatoms. The lowest BCUT2D eigenvalue weighted by molar-refractivity contribution is -0.121. The van der Waals surface area contributed by atoms with E-state index in [1.54, 1.807) is 7.11 Å². The highest BCUT2D eigenvalue weighted by molar-refractivity contribution is 5.75. The van der Waals surface area contributed by atoms with Crippen molar-refractivity contribution >= 4 is 5.91 Å². The standard InChI is InChI=1S/C13H20N2O3/c1-3-10-6-7-11(12(9-10)17-2)18-8-4-5-13(16)15-14/h6-7,9H,3-5,8,14H2,1-2H3,(H,15,16). The van der Waals surface area contributed by atoms with Crippen molar-refractivity contribution in [3.05, 3.63) is 23.8 Å². The Hall–Kier alpha value is -1.75. The first-order chi connectivity index (χ1) is 8.71. The van der Waals surface area contributed by atoms with Gasteiger partial charge >= 0.3 is 0 Å². The molecule has 0 spiro atoms. The minimum absolute atomic E-state index is 0.188. The lowest BCUT2D eigenvalue weighted by Gasteiger charge is -2.11. The van der Waals surface area contributed by atoms with Crippen LogP contribution in [0.1, 0.15) is 25.3 Å². The quantitative estimate of drug-likeness (QED) is 0.333. The number of hydrogen-bond donors (Lipinski definition) is 2. The molecule has 1 amide bonds. The summed E-state index contributed by atoms with van der Waals surface area (Å²) in [6, 6.07) is 5.85. The van der Waals surface area contributed by atoms with Gasteiger partial charge in [0.05, 0.1) is 13.7 Å². The van der Waals surface area contributed by atoms with Crippen molar-refractivity contribution in [2.75, 3.05) is 13.7 Å². The molecule has 0 radical (unpaired) electrons. The second-order valence-corrected chi connectivity index (χ2v) is 3.86. The second kappa shape index (κ2) is 7.55. The number of hydrazine groups is 1. The molecule has 3 N–H and O–H groups in total. The van der Waals surface area contributed by atoms with Crippen LogP contribution in [-0.2, 0) is 11.2 Å². The minimum atomic E-state index is -0.188. The Morgan fingerprint density at radius 1 is 1.39 bits per heavy atom. The smallest absolute Gasteiger partial charge is 0.234 e. The third kappa shape index (κ3) is 4.25. The Balaban J connectivity index is 2.49. The number of benzene rings is 1. The van der Waals surface area contributed by atoms with Crippen LogP contribution in [0.4, 0.5) is 0 Å². The van der Waals surface area contributed by atoms with Crippen LogP contribution in [0.3, 0.4) is 0 Å². The fourth-order valence-corrected chi connectivity index (χ4v) is 1.54. The highest BCUT2D eigenvalue weighted by Gasteiger charge is 2.05. The number of carbonyl (C=O) groups is 1. The van der Waals surface area contributed by atoms with Gasteiger partial charge in [0.25, 0.3) is 0 Å². The molecular weight excluding hydrogens is 232 g/mol. The van der Waals surface area contributed by atoms with E-state index in [4.69, 9.17) is 15.3 Å². The molecule has 0 aliphatic heterocycles. The summed E-state index contributed by atoms with van der Waals surface area (Å²) in [5.41, 5.74) is 3.28. The van der Waals surface area contributed by atoms with Crippen molar-refractivity contribution in [3.8, 4) is 11.5 Å². The first kappa shape index (κ1) is 14.3. The van der Waals surface area contributed by atoms with Crippen molar-refractivity contribution < 1.29 is 14.3 Å². The van der Waals surface area contributed by atoms with Gasteiger partial charge in [-0.05, 0) is 30.5 Å². The van der Waals surface area contributed by atoms with Gasteiger partial charge in [-0.15, -0.1) is 0 Å². The lowest BCUT2D eigenvalue weighted by atomic mass is 10.1. The number of nitrogens with one attached hydrogen (secondary N) is 1. The van der Waals surface area contributed by atoms with Crippen LogP contribution in [-0.4, -0.2) is 19.6 Å². The number of carbonyl (C=O) groups excluding carboxylic acids is 1. The third-order valence-corrected chi connectivity index (χ3v) is 2.60. The molecule has 1 aromatic carbocycles. The van der Waals surface area contributed by atoms with E-state index < -0.39 is 0 Å². The van der Waals surface area contributed by atoms with Gasteiger partial charge in [-0.2, -0.15) is 0 Å². The molecule has 0 aliphatic rings. The lowest BCUT2D eigenvalue weighted by Crippen LogP contribution is -2.29. The molecule has 5 nitrogen and oxygen atoms in total. The number of rotatable bonds is 7. The zero-order valence-electron chi connectivity index (χ0n) is 10.9. The van der Waals surface area contributed by atoms with E-state index in [-0.39, 0.29) is 5.91 Å². The fourth-order valence-electron chi connectivity index (χ4n) is 1.54. The summed E-state index contributed by atoms with van der Waals surface area (Å²) in [5.74, 6) is 6.21. The van der Waals surface area contributed by atoms with Gasteiger partial charge in [0.2, 0.25) is 5.91 Å². The monoisotopic (exact) mass is 252 g/mol. The van der Waals surface area contributed by atoms with E-state index in [2.05, 4.69) is 12.3 Å². The average molecular weight is 252 g/mol. The topological polar surface area (TPSA) is 73.6 Å². The Morgan fingerprint density at radius 3 is 2.78 bits per heavy atom. The summed E-state index contributed by atoms with van der Waals surface area (Å²) in [4.78, 5) is 10.9. The number of amides is 1. The number of aryl methyl sites for hydroxylation is 1. The fraction of sp³-hybridized carbons (Fsp3) is 0.462. The van der Waals surface area contributed by atoms with Crippen LogP contribution >= 0.6 is 0 Å². The van der Waals surface area contributed by atoms with Crippen LogP contribution in [0.25, 0.3) is 0 Å². The molecule has 0 heterocycles. The largest absolute Gasteiger partial charge is 0.493 e. The molecule has 0 aliphatic carbocycles. The van der Waals surface area contributed by atoms with Crippen LogP contribution in [0, 0.1) is 0 Å². The minimum Gasteiger partial charge on any atom is -0.493 e. The Bertz CT molecular complexity index is 394. The summed E-state index contributed by atoms with van der Waals surface area (Å²) >= 11 is 0. The van der Waals surface area contributed by atoms with Crippen LogP contribution in [0.15, 0.2) is 18.2 Å². The molecule has 0 fully saturated rings. The van der Waals surface area contributed by atoms with Gasteiger partial charge < -0.3 is 9.47 Å². The maximum atomic E-state index is 10.9. The SMILES string of the molecule is CCc1ccc(OCCCC(=O)NN)c(OC)c1. The van der Waals surface area contributed by atoms with Crippen molar-refractivity contribution in [2.45, 2.75) is 26.2 Å². The number of ether oxygens (including phenoxy) is 2. The second-order valence-electron chi connectivity index (χ2n) is 3.86. The van der Waals surface area contributed by atoms with E-state index in [9.17, 15) is 4.79 Å². The third-order valence-electron chi connectivity index (χ3n) is 2.60. The highest BCUT2D eigenvalue weighted by Crippen LogP contribution is 2.28. The van der Waals surface area contributed by atoms with Crippen LogP contribution in [0.2, 0.25) is 0 Å². The van der Waals surface area contributed by atoms with E-state index in [1.807, 2.05) is 18.2 Å². The van der Waals surface area contributed by atoms with E-state index in [1.165, 1.54) is 5.56 Å². The molecule has 1 rings (SSSR count). The first-order valence-electron chi connectivity index (χ1n) is 6.00. The average Bonchev–Trinajstić information content (AvgIpc) is 2.43. The summed E-state index contributed by atoms with van der Waals surface area (Å²) in [7, 11) is 1.61. The molecule has 0 bridgehead atoms. The molecule has 0 atom stereocenters. The zero-order chi connectivity index (χ0) is 13.4. The normalized spacial score (nSPS) is 9.94. The Kier molecular flexibility index (Phi) is 6.00. The van der Waals surface area contributed by atoms with E-state index in [0.29, 0.717) is 25.2 Å². The molecule has 1 aromatic rings. The van der Waals surface area contributed by atoms with E-state index >= 15 is 0 Å². The first-order valence-corrected chi connectivity index (χ1v) is 6.00. The number of methoxy groups -OCH3 is 1. The predicted octanol–water partition coefficient (Wildman–Crippen LogP) is 1.41. The Labute approximate surface area is 107 Å². The molecular formula is C13H20N2O3. The molecule has 18 heavy (non-hydrogen) atoms. The highest BCUT2D eigenvalue weighted by atomic mass is 16.5. The molecule has 0 aromatic heterocycles. The van der Waals surface area contributed by atoms with Crippen LogP contribution in [0.5, 0.6) is 11.5 Å². The summed E-state index contributed by atoms with van der Waals surface area (Å²) in [6.45, 7) is 2.54. The molecule has 100 valence electrons. The van der Waals surface area contributed by atoms with Gasteiger partial charge in [0, 0.05) is 6.42 Å². The molecule has 0 saturated heterocycles. The maximum absolute atomic E-state index is 10.9. The predicted molar refractivity (Wildman–Crippen MR) is 69.4 cm³/mol. The van der Waals surface area contributed by atoms with E-state index in [0.717, 1.165) is 12.2 Å². The van der Waals surface area contributed by atoms with Crippen LogP contribution < -0.4 is 20.7 Å². The Morgan fingerprint density at radius 2 is 2.17 bits per heavy atom. The van der Waals surface area contributed by atoms with Gasteiger partial charge in [-0.3, -0.25) is 10.2 Å². The number of hydrogen-bond acceptors (Lipinski definition) is 4. The van der Waals surface area contributed by atoms with Crippen molar-refractivity contribution in [3.63, 3.8) is 0 Å². The molecule has 0 saturated carbocycles. The van der Waals surface area contributed by atoms with Crippen molar-refractivity contribution in [1.29, 1.82) is 0 Å².